The highest BCUT2D eigenvalue weighted by Crippen LogP contribution is 2.45. The van der Waals surface area contributed by atoms with E-state index in [9.17, 15) is 22.1 Å². The molecule has 0 aliphatic carbocycles. The van der Waals surface area contributed by atoms with Gasteiger partial charge in [0.2, 0.25) is 0 Å². The van der Waals surface area contributed by atoms with Crippen molar-refractivity contribution in [3.63, 3.8) is 0 Å². The van der Waals surface area contributed by atoms with Crippen LogP contribution in [-0.4, -0.2) is 74.7 Å². The average molecular weight is 585 g/mol. The molecule has 2 aromatic heterocycles. The van der Waals surface area contributed by atoms with E-state index < -0.39 is 24.9 Å². The number of hydrogen-bond donors (Lipinski definition) is 2. The fourth-order valence-corrected chi connectivity index (χ4v) is 5.65. The highest BCUT2D eigenvalue weighted by atomic mass is 32.2. The molecular formula is C26H29F4N4O3PS. The molecule has 0 radical (unpaired) electrons. The summed E-state index contributed by atoms with van der Waals surface area (Å²) in [6, 6.07) is 7.50. The first-order valence-electron chi connectivity index (χ1n) is 12.1. The van der Waals surface area contributed by atoms with Crippen molar-refractivity contribution in [1.29, 1.82) is 0 Å². The lowest BCUT2D eigenvalue weighted by Gasteiger charge is -2.33. The predicted molar refractivity (Wildman–Crippen MR) is 148 cm³/mol. The predicted octanol–water partition coefficient (Wildman–Crippen LogP) is 5.61. The van der Waals surface area contributed by atoms with E-state index in [1.54, 1.807) is 44.6 Å². The summed E-state index contributed by atoms with van der Waals surface area (Å²) < 4.78 is 78.7. The van der Waals surface area contributed by atoms with Crippen LogP contribution in [0.1, 0.15) is 12.2 Å². The minimum Gasteiger partial charge on any atom is -0.477 e. The van der Waals surface area contributed by atoms with Gasteiger partial charge in [-0.25, -0.2) is 9.37 Å². The van der Waals surface area contributed by atoms with Crippen LogP contribution in [0.3, 0.4) is 0 Å². The lowest BCUT2D eigenvalue weighted by molar-refractivity contribution is -0.0328. The average Bonchev–Trinajstić information content (AvgIpc) is 3.19. The molecule has 1 aliphatic heterocycles. The molecule has 7 nitrogen and oxygen atoms in total. The number of para-hydroxylation sites is 1. The molecule has 0 amide bonds. The van der Waals surface area contributed by atoms with Gasteiger partial charge >= 0.3 is 5.51 Å². The Morgan fingerprint density at radius 3 is 2.72 bits per heavy atom. The molecule has 1 aliphatic rings. The smallest absolute Gasteiger partial charge is 0.446 e. The quantitative estimate of drug-likeness (QED) is 0.161. The zero-order chi connectivity index (χ0) is 28.4. The van der Waals surface area contributed by atoms with Crippen molar-refractivity contribution in [3.05, 3.63) is 36.1 Å². The molecule has 4 rings (SSSR count). The van der Waals surface area contributed by atoms with Crippen molar-refractivity contribution in [3.8, 4) is 17.6 Å². The maximum atomic E-state index is 14.6. The Morgan fingerprint density at radius 1 is 1.28 bits per heavy atom. The monoisotopic (exact) mass is 584 g/mol. The number of rotatable bonds is 7. The minimum atomic E-state index is -4.57. The van der Waals surface area contributed by atoms with E-state index >= 15 is 0 Å². The fraction of sp³-hybridized carbons (Fsp3) is 0.423. The molecule has 3 heterocycles. The summed E-state index contributed by atoms with van der Waals surface area (Å²) in [5.41, 5.74) is -3.54. The number of likely N-dealkylation sites (tertiary alicyclic amines) is 1. The van der Waals surface area contributed by atoms with Gasteiger partial charge in [-0.2, -0.15) is 13.2 Å². The molecule has 0 unspecified atom stereocenters. The van der Waals surface area contributed by atoms with Gasteiger partial charge in [0.15, 0.2) is 22.9 Å². The lowest BCUT2D eigenvalue weighted by Crippen LogP contribution is -2.46. The number of alkyl halides is 4. The maximum absolute atomic E-state index is 14.6. The second kappa shape index (κ2) is 11.7. The summed E-state index contributed by atoms with van der Waals surface area (Å²) >= 11 is -0.309. The van der Waals surface area contributed by atoms with Crippen LogP contribution in [0.25, 0.3) is 11.0 Å². The number of aromatic nitrogens is 1. The first-order chi connectivity index (χ1) is 18.4. The van der Waals surface area contributed by atoms with Gasteiger partial charge in [0.05, 0.1) is 16.6 Å². The number of hydrogen-bond acceptors (Lipinski definition) is 8. The Labute approximate surface area is 228 Å². The van der Waals surface area contributed by atoms with Crippen LogP contribution in [0, 0.1) is 11.8 Å². The fourth-order valence-electron chi connectivity index (χ4n) is 4.19. The van der Waals surface area contributed by atoms with Crippen molar-refractivity contribution in [2.24, 2.45) is 0 Å². The number of benzene rings is 1. The number of piperidine rings is 1. The van der Waals surface area contributed by atoms with Gasteiger partial charge in [-0.1, -0.05) is 12.0 Å². The van der Waals surface area contributed by atoms with Crippen molar-refractivity contribution in [2.75, 3.05) is 57.8 Å². The van der Waals surface area contributed by atoms with Crippen molar-refractivity contribution in [1.82, 2.24) is 9.88 Å². The van der Waals surface area contributed by atoms with Gasteiger partial charge in [-0.05, 0) is 68.7 Å². The molecule has 3 aromatic rings. The zero-order valence-corrected chi connectivity index (χ0v) is 23.6. The molecular weight excluding hydrogens is 555 g/mol. The van der Waals surface area contributed by atoms with Crippen LogP contribution in [-0.2, 0) is 4.57 Å². The zero-order valence-electron chi connectivity index (χ0n) is 21.9. The number of ether oxygens (including phenoxy) is 1. The molecule has 2 N–H and O–H groups in total. The van der Waals surface area contributed by atoms with Gasteiger partial charge in [0.1, 0.15) is 25.4 Å². The van der Waals surface area contributed by atoms with Gasteiger partial charge in [0.25, 0.3) is 0 Å². The van der Waals surface area contributed by atoms with E-state index in [4.69, 9.17) is 9.15 Å². The summed E-state index contributed by atoms with van der Waals surface area (Å²) in [5, 5.41) is 6.23. The SMILES string of the molecule is CNc1nc(P(C)(C)=O)ccc1OCC#Cc1oc2c(N[C@@H]3CCN(C)C[C@@H]3F)cccc2c1SC(F)(F)F. The number of thioether (sulfide) groups is 1. The third kappa shape index (κ3) is 7.21. The Hall–Kier alpha value is -2.87. The van der Waals surface area contributed by atoms with Crippen molar-refractivity contribution < 1.29 is 31.3 Å². The lowest BCUT2D eigenvalue weighted by atomic mass is 10.0. The number of pyridine rings is 1. The summed E-state index contributed by atoms with van der Waals surface area (Å²) in [7, 11) is 0.896. The Morgan fingerprint density at radius 2 is 2.05 bits per heavy atom. The Kier molecular flexibility index (Phi) is 8.74. The normalized spacial score (nSPS) is 18.5. The Bertz CT molecular complexity index is 1450. The first kappa shape index (κ1) is 29.1. The largest absolute Gasteiger partial charge is 0.477 e. The van der Waals surface area contributed by atoms with E-state index in [1.807, 2.05) is 11.9 Å². The molecule has 39 heavy (non-hydrogen) atoms. The molecule has 1 aromatic carbocycles. The van der Waals surface area contributed by atoms with Crippen molar-refractivity contribution >= 4 is 46.8 Å². The summed E-state index contributed by atoms with van der Waals surface area (Å²) in [5.74, 6) is 5.92. The van der Waals surface area contributed by atoms with E-state index in [-0.39, 0.29) is 46.5 Å². The van der Waals surface area contributed by atoms with Crippen LogP contribution >= 0.6 is 18.9 Å². The topological polar surface area (TPSA) is 79.6 Å². The summed E-state index contributed by atoms with van der Waals surface area (Å²) in [6.45, 7) is 4.01. The summed E-state index contributed by atoms with van der Waals surface area (Å²) in [6.07, 6.45) is -0.594. The number of furan rings is 1. The molecule has 2 atom stereocenters. The highest BCUT2D eigenvalue weighted by molar-refractivity contribution is 8.00. The van der Waals surface area contributed by atoms with Gasteiger partial charge < -0.3 is 29.3 Å². The second-order valence-electron chi connectivity index (χ2n) is 9.52. The summed E-state index contributed by atoms with van der Waals surface area (Å²) in [4.78, 5) is 6.04. The van der Waals surface area contributed by atoms with Crippen LogP contribution < -0.4 is 20.8 Å². The number of nitrogens with zero attached hydrogens (tertiary/aromatic N) is 2. The second-order valence-corrected chi connectivity index (χ2v) is 13.8. The molecule has 1 saturated heterocycles. The number of halogens is 4. The van der Waals surface area contributed by atoms with E-state index in [1.165, 1.54) is 6.07 Å². The maximum Gasteiger partial charge on any atom is 0.446 e. The molecule has 1 fully saturated rings. The molecule has 210 valence electrons. The van der Waals surface area contributed by atoms with Crippen LogP contribution in [0.5, 0.6) is 5.75 Å². The van der Waals surface area contributed by atoms with Crippen LogP contribution in [0.4, 0.5) is 29.1 Å². The first-order valence-corrected chi connectivity index (χ1v) is 15.5. The van der Waals surface area contributed by atoms with Gasteiger partial charge in [-0.3, -0.25) is 0 Å². The molecule has 0 bridgehead atoms. The molecule has 13 heteroatoms. The van der Waals surface area contributed by atoms with Crippen LogP contribution in [0.2, 0.25) is 0 Å². The third-order valence-corrected chi connectivity index (χ3v) is 8.30. The number of anilines is 2. The van der Waals surface area contributed by atoms with E-state index in [0.29, 0.717) is 35.7 Å². The third-order valence-electron chi connectivity index (χ3n) is 6.11. The molecule has 0 spiro atoms. The standard InChI is InChI=1S/C26H29F4N4O3PS/c1-31-25-21(10-11-22(33-25)38(3,4)35)36-14-6-9-20-24(39-26(28,29)30)16-7-5-8-19(23(16)37-20)32-18-12-13-34(2)15-17(18)27/h5,7-8,10-11,17-18,32H,12-15H2,1-4H3,(H,31,33)/t17-,18+/m0/s1. The van der Waals surface area contributed by atoms with Crippen LogP contribution in [0.15, 0.2) is 39.6 Å². The Balaban J connectivity index is 1.60. The van der Waals surface area contributed by atoms with E-state index in [0.717, 1.165) is 0 Å². The molecule has 0 saturated carbocycles. The van der Waals surface area contributed by atoms with Gasteiger partial charge in [-0.15, -0.1) is 0 Å². The van der Waals surface area contributed by atoms with Crippen molar-refractivity contribution in [2.45, 2.75) is 29.0 Å². The minimum absolute atomic E-state index is 0.162. The van der Waals surface area contributed by atoms with E-state index in [2.05, 4.69) is 27.5 Å². The highest BCUT2D eigenvalue weighted by Gasteiger charge is 2.34. The number of fused-ring (bicyclic) bond motifs is 1. The number of nitrogens with one attached hydrogen (secondary N) is 2. The van der Waals surface area contributed by atoms with Gasteiger partial charge in [0, 0.05) is 25.5 Å².